The normalized spacial score (nSPS) is 15.0. The largest absolute Gasteiger partial charge is 0.477 e. The summed E-state index contributed by atoms with van der Waals surface area (Å²) in [6.45, 7) is 9.26. The molecule has 9 nitrogen and oxygen atoms in total. The van der Waals surface area contributed by atoms with E-state index in [1.165, 1.54) is 7.11 Å². The van der Waals surface area contributed by atoms with E-state index in [1.54, 1.807) is 45.0 Å². The summed E-state index contributed by atoms with van der Waals surface area (Å²) in [5.41, 5.74) is 1.91. The molecule has 1 saturated carbocycles. The Morgan fingerprint density at radius 2 is 1.56 bits per heavy atom. The van der Waals surface area contributed by atoms with Crippen molar-refractivity contribution >= 4 is 29.4 Å². The summed E-state index contributed by atoms with van der Waals surface area (Å²) in [6.07, 6.45) is 2.75. The van der Waals surface area contributed by atoms with Gasteiger partial charge < -0.3 is 24.8 Å². The third kappa shape index (κ3) is 9.62. The number of amides is 2. The van der Waals surface area contributed by atoms with Crippen LogP contribution in [-0.2, 0) is 35.1 Å². The lowest BCUT2D eigenvalue weighted by Gasteiger charge is -2.30. The van der Waals surface area contributed by atoms with Crippen LogP contribution in [0.25, 0.3) is 0 Å². The molecule has 2 aromatic carbocycles. The van der Waals surface area contributed by atoms with Crippen LogP contribution < -0.4 is 15.4 Å². The number of carbonyl (C=O) groups excluding carboxylic acids is 4. The van der Waals surface area contributed by atoms with Crippen LogP contribution in [0.4, 0.5) is 5.69 Å². The maximum absolute atomic E-state index is 13.5. The Kier molecular flexibility index (Phi) is 10.5. The van der Waals surface area contributed by atoms with Gasteiger partial charge in [0, 0.05) is 12.1 Å². The van der Waals surface area contributed by atoms with E-state index in [0.29, 0.717) is 18.6 Å². The molecule has 1 aliphatic carbocycles. The van der Waals surface area contributed by atoms with Crippen molar-refractivity contribution < 1.29 is 33.4 Å². The molecule has 1 aliphatic rings. The van der Waals surface area contributed by atoms with Gasteiger partial charge in [-0.05, 0) is 108 Å². The van der Waals surface area contributed by atoms with Crippen LogP contribution in [0, 0.1) is 13.8 Å². The fourth-order valence-electron chi connectivity index (χ4n) is 5.00. The highest BCUT2D eigenvalue weighted by molar-refractivity contribution is 5.92. The van der Waals surface area contributed by atoms with Crippen molar-refractivity contribution in [1.82, 2.24) is 5.32 Å². The number of methoxy groups -OCH3 is 1. The second kappa shape index (κ2) is 13.7. The second-order valence-corrected chi connectivity index (χ2v) is 11.7. The lowest BCUT2D eigenvalue weighted by atomic mass is 9.99. The van der Waals surface area contributed by atoms with E-state index in [0.717, 1.165) is 35.2 Å². The Balaban J connectivity index is 1.63. The minimum Gasteiger partial charge on any atom is -0.477 e. The predicted octanol–water partition coefficient (Wildman–Crippen LogP) is 4.96. The summed E-state index contributed by atoms with van der Waals surface area (Å²) in [4.78, 5) is 50.7. The summed E-state index contributed by atoms with van der Waals surface area (Å²) < 4.78 is 16.5. The predicted molar refractivity (Wildman–Crippen MR) is 156 cm³/mol. The van der Waals surface area contributed by atoms with Crippen LogP contribution in [0.15, 0.2) is 42.5 Å². The molecule has 9 heteroatoms. The summed E-state index contributed by atoms with van der Waals surface area (Å²) in [6, 6.07) is 12.0. The molecular weight excluding hydrogens is 524 g/mol. The third-order valence-corrected chi connectivity index (χ3v) is 6.78. The quantitative estimate of drug-likeness (QED) is 0.369. The van der Waals surface area contributed by atoms with Gasteiger partial charge in [-0.15, -0.1) is 0 Å². The number of aryl methyl sites for hydroxylation is 2. The number of anilines is 1. The number of nitrogens with one attached hydrogen (secondary N) is 2. The van der Waals surface area contributed by atoms with Crippen molar-refractivity contribution in [1.29, 1.82) is 0 Å². The summed E-state index contributed by atoms with van der Waals surface area (Å²) in [5, 5.41) is 5.70. The van der Waals surface area contributed by atoms with Gasteiger partial charge in [0.25, 0.3) is 5.91 Å². The van der Waals surface area contributed by atoms with E-state index in [9.17, 15) is 19.2 Å². The first kappa shape index (κ1) is 31.6. The van der Waals surface area contributed by atoms with Crippen molar-refractivity contribution in [3.63, 3.8) is 0 Å². The Hall–Kier alpha value is -3.88. The maximum atomic E-state index is 13.5. The molecule has 0 bridgehead atoms. The zero-order valence-electron chi connectivity index (χ0n) is 24.9. The van der Waals surface area contributed by atoms with Crippen LogP contribution in [0.5, 0.6) is 5.75 Å². The molecule has 0 heterocycles. The highest BCUT2D eigenvalue weighted by Gasteiger charge is 2.45. The molecule has 0 aromatic heterocycles. The minimum atomic E-state index is -1.15. The minimum absolute atomic E-state index is 0.0439. The van der Waals surface area contributed by atoms with E-state index in [4.69, 9.17) is 14.2 Å². The average Bonchev–Trinajstić information content (AvgIpc) is 3.35. The van der Waals surface area contributed by atoms with Gasteiger partial charge in [0.2, 0.25) is 5.91 Å². The molecule has 0 radical (unpaired) electrons. The van der Waals surface area contributed by atoms with E-state index in [2.05, 4.69) is 10.6 Å². The molecule has 2 N–H and O–H groups in total. The number of hydrogen-bond acceptors (Lipinski definition) is 7. The molecule has 3 rings (SSSR count). The van der Waals surface area contributed by atoms with E-state index in [1.807, 2.05) is 32.0 Å². The van der Waals surface area contributed by atoms with Gasteiger partial charge in [0.1, 0.15) is 17.4 Å². The van der Waals surface area contributed by atoms with Crippen LogP contribution >= 0.6 is 0 Å². The molecule has 41 heavy (non-hydrogen) atoms. The maximum Gasteiger partial charge on any atom is 0.328 e. The standard InChI is InChI=1S/C32H42N2O7/c1-21-17-22(2)19-24(18-21)33-27(35)20-23-9-11-25(12-10-23)40-32(15-7-8-16-32)30(38)34-26(29(37)39-6)13-14-28(36)41-31(3,4)5/h9-12,17-19,26H,7-8,13-16,20H2,1-6H3,(H,33,35)(H,34,38)/t26-/m0/s1. The molecular formula is C32H42N2O7. The highest BCUT2D eigenvalue weighted by Crippen LogP contribution is 2.35. The average molecular weight is 567 g/mol. The van der Waals surface area contributed by atoms with Crippen LogP contribution in [0.1, 0.15) is 76.0 Å². The summed E-state index contributed by atoms with van der Waals surface area (Å²) in [7, 11) is 1.24. The molecule has 1 fully saturated rings. The number of carbonyl (C=O) groups is 4. The van der Waals surface area contributed by atoms with Crippen molar-refractivity contribution in [2.24, 2.45) is 0 Å². The number of ether oxygens (including phenoxy) is 3. The Labute approximate surface area is 242 Å². The number of benzene rings is 2. The van der Waals surface area contributed by atoms with Crippen LogP contribution in [0.2, 0.25) is 0 Å². The molecule has 222 valence electrons. The Bertz CT molecular complexity index is 1220. The van der Waals surface area contributed by atoms with Gasteiger partial charge >= 0.3 is 11.9 Å². The fraction of sp³-hybridized carbons (Fsp3) is 0.500. The van der Waals surface area contributed by atoms with Gasteiger partial charge in [0.05, 0.1) is 13.5 Å². The molecule has 0 aliphatic heterocycles. The highest BCUT2D eigenvalue weighted by atomic mass is 16.6. The lowest BCUT2D eigenvalue weighted by molar-refractivity contribution is -0.156. The topological polar surface area (TPSA) is 120 Å². The molecule has 2 aromatic rings. The van der Waals surface area contributed by atoms with E-state index in [-0.39, 0.29) is 25.2 Å². The zero-order chi connectivity index (χ0) is 30.2. The first-order valence-electron chi connectivity index (χ1n) is 14.1. The van der Waals surface area contributed by atoms with Crippen molar-refractivity contribution in [3.8, 4) is 5.75 Å². The van der Waals surface area contributed by atoms with Gasteiger partial charge in [-0.1, -0.05) is 18.2 Å². The first-order valence-corrected chi connectivity index (χ1v) is 14.1. The van der Waals surface area contributed by atoms with E-state index < -0.39 is 35.1 Å². The first-order chi connectivity index (χ1) is 19.3. The fourth-order valence-corrected chi connectivity index (χ4v) is 5.00. The lowest BCUT2D eigenvalue weighted by Crippen LogP contribution is -2.54. The molecule has 0 spiro atoms. The molecule has 0 unspecified atom stereocenters. The molecule has 1 atom stereocenters. The van der Waals surface area contributed by atoms with Crippen molar-refractivity contribution in [3.05, 3.63) is 59.2 Å². The van der Waals surface area contributed by atoms with Gasteiger partial charge in [-0.2, -0.15) is 0 Å². The molecule has 0 saturated heterocycles. The summed E-state index contributed by atoms with van der Waals surface area (Å²) >= 11 is 0. The number of hydrogen-bond donors (Lipinski definition) is 2. The monoisotopic (exact) mass is 566 g/mol. The van der Waals surface area contributed by atoms with Crippen molar-refractivity contribution in [2.75, 3.05) is 12.4 Å². The van der Waals surface area contributed by atoms with Gasteiger partial charge in [-0.3, -0.25) is 14.4 Å². The third-order valence-electron chi connectivity index (χ3n) is 6.78. The SMILES string of the molecule is COC(=O)[C@H](CCC(=O)OC(C)(C)C)NC(=O)C1(Oc2ccc(CC(=O)Nc3cc(C)cc(C)c3)cc2)CCCC1. The number of rotatable bonds is 11. The van der Waals surface area contributed by atoms with Crippen LogP contribution in [0.3, 0.4) is 0 Å². The Morgan fingerprint density at radius 1 is 0.951 bits per heavy atom. The molecule has 2 amide bonds. The van der Waals surface area contributed by atoms with Crippen LogP contribution in [-0.4, -0.2) is 48.1 Å². The van der Waals surface area contributed by atoms with Gasteiger partial charge in [0.15, 0.2) is 5.60 Å². The number of esters is 2. The smallest absolute Gasteiger partial charge is 0.328 e. The summed E-state index contributed by atoms with van der Waals surface area (Å²) in [5.74, 6) is -1.17. The van der Waals surface area contributed by atoms with E-state index >= 15 is 0 Å². The Morgan fingerprint density at radius 3 is 2.12 bits per heavy atom. The zero-order valence-corrected chi connectivity index (χ0v) is 24.9. The second-order valence-electron chi connectivity index (χ2n) is 11.7. The van der Waals surface area contributed by atoms with Gasteiger partial charge in [-0.25, -0.2) is 4.79 Å². The van der Waals surface area contributed by atoms with Crippen molar-refractivity contribution in [2.45, 2.75) is 96.8 Å².